The topological polar surface area (TPSA) is 93.9 Å². The van der Waals surface area contributed by atoms with Crippen LogP contribution in [0.5, 0.6) is 11.5 Å². The molecule has 3 aliphatic heterocycles. The lowest BCUT2D eigenvalue weighted by Gasteiger charge is -2.32. The maximum atomic E-state index is 13.7. The largest absolute Gasteiger partial charge is 0.490 e. The molecule has 1 amide bonds. The SMILES string of the molecule is CCOc1cc([C@H]2[C@H]([N+](=O)[O-])[C@@]3(C(=O)Nc4ccccc43)N3CCC[C@@H]23)cc(Br)c1OCc1ccc(Cl)cc1. The number of fused-ring (bicyclic) bond motifs is 4. The zero-order valence-corrected chi connectivity index (χ0v) is 23.6. The normalized spacial score (nSPS) is 25.4. The smallest absolute Gasteiger partial charge is 0.256 e. The molecule has 3 aromatic rings. The Morgan fingerprint density at radius 2 is 1.95 bits per heavy atom. The van der Waals surface area contributed by atoms with Crippen LogP contribution in [0.1, 0.15) is 42.4 Å². The fourth-order valence-electron chi connectivity index (χ4n) is 6.69. The van der Waals surface area contributed by atoms with E-state index in [1.807, 2.05) is 55.5 Å². The van der Waals surface area contributed by atoms with E-state index in [4.69, 9.17) is 21.1 Å². The van der Waals surface area contributed by atoms with Crippen molar-refractivity contribution in [2.45, 2.75) is 49.9 Å². The molecule has 4 atom stereocenters. The number of para-hydroxylation sites is 1. The predicted molar refractivity (Wildman–Crippen MR) is 151 cm³/mol. The first-order valence-corrected chi connectivity index (χ1v) is 14.2. The molecule has 0 unspecified atom stereocenters. The van der Waals surface area contributed by atoms with Gasteiger partial charge in [0.2, 0.25) is 0 Å². The molecular formula is C29H27BrClN3O5. The highest BCUT2D eigenvalue weighted by Crippen LogP contribution is 2.58. The molecular weight excluding hydrogens is 586 g/mol. The van der Waals surface area contributed by atoms with Crippen molar-refractivity contribution in [3.05, 3.63) is 97.0 Å². The van der Waals surface area contributed by atoms with E-state index in [9.17, 15) is 14.9 Å². The minimum Gasteiger partial charge on any atom is -0.490 e. The van der Waals surface area contributed by atoms with Crippen molar-refractivity contribution in [1.29, 1.82) is 0 Å². The molecule has 0 radical (unpaired) electrons. The summed E-state index contributed by atoms with van der Waals surface area (Å²) in [5, 5.41) is 16.5. The molecule has 0 bridgehead atoms. The number of hydrogen-bond donors (Lipinski definition) is 1. The Hall–Kier alpha value is -3.14. The van der Waals surface area contributed by atoms with Gasteiger partial charge in [0.05, 0.1) is 17.0 Å². The Kier molecular flexibility index (Phi) is 6.77. The molecule has 2 fully saturated rings. The Balaban J connectivity index is 1.43. The number of halogens is 2. The molecule has 8 nitrogen and oxygen atoms in total. The summed E-state index contributed by atoms with van der Waals surface area (Å²) in [7, 11) is 0. The third kappa shape index (κ3) is 4.10. The zero-order chi connectivity index (χ0) is 27.3. The fourth-order valence-corrected chi connectivity index (χ4v) is 7.39. The average Bonchev–Trinajstić information content (AvgIpc) is 3.57. The number of carbonyl (C=O) groups excluding carboxylic acids is 1. The minimum absolute atomic E-state index is 0.167. The summed E-state index contributed by atoms with van der Waals surface area (Å²) in [6.07, 6.45) is 1.63. The molecule has 39 heavy (non-hydrogen) atoms. The molecule has 202 valence electrons. The number of anilines is 1. The van der Waals surface area contributed by atoms with Crippen LogP contribution in [0.2, 0.25) is 5.02 Å². The van der Waals surface area contributed by atoms with Crippen molar-refractivity contribution in [3.8, 4) is 11.5 Å². The van der Waals surface area contributed by atoms with Gasteiger partial charge in [0.15, 0.2) is 17.0 Å². The number of nitrogens with zero attached hydrogens (tertiary/aromatic N) is 2. The first-order chi connectivity index (χ1) is 18.9. The van der Waals surface area contributed by atoms with E-state index in [0.29, 0.717) is 52.0 Å². The van der Waals surface area contributed by atoms with Crippen molar-refractivity contribution in [2.75, 3.05) is 18.5 Å². The predicted octanol–water partition coefficient (Wildman–Crippen LogP) is 6.13. The van der Waals surface area contributed by atoms with E-state index < -0.39 is 17.5 Å². The zero-order valence-electron chi connectivity index (χ0n) is 21.2. The molecule has 3 aliphatic rings. The summed E-state index contributed by atoms with van der Waals surface area (Å²) in [5.41, 5.74) is 1.64. The maximum absolute atomic E-state index is 13.7. The van der Waals surface area contributed by atoms with Gasteiger partial charge in [-0.2, -0.15) is 0 Å². The van der Waals surface area contributed by atoms with E-state index in [-0.39, 0.29) is 16.9 Å². The lowest BCUT2D eigenvalue weighted by Crippen LogP contribution is -2.55. The molecule has 1 spiro atoms. The van der Waals surface area contributed by atoms with Gasteiger partial charge in [-0.3, -0.25) is 19.8 Å². The molecule has 10 heteroatoms. The van der Waals surface area contributed by atoms with Crippen molar-refractivity contribution in [1.82, 2.24) is 4.90 Å². The molecule has 2 saturated heterocycles. The van der Waals surface area contributed by atoms with Gasteiger partial charge in [0.1, 0.15) is 6.61 Å². The van der Waals surface area contributed by atoms with E-state index in [2.05, 4.69) is 26.1 Å². The molecule has 1 N–H and O–H groups in total. The molecule has 0 saturated carbocycles. The summed E-state index contributed by atoms with van der Waals surface area (Å²) in [5.74, 6) is 0.167. The number of ether oxygens (including phenoxy) is 2. The summed E-state index contributed by atoms with van der Waals surface area (Å²) in [6, 6.07) is 17.1. The van der Waals surface area contributed by atoms with Crippen LogP contribution in [-0.2, 0) is 16.9 Å². The van der Waals surface area contributed by atoms with Gasteiger partial charge in [-0.1, -0.05) is 41.9 Å². The van der Waals surface area contributed by atoms with Gasteiger partial charge in [-0.25, -0.2) is 0 Å². The van der Waals surface area contributed by atoms with Gasteiger partial charge in [-0.15, -0.1) is 0 Å². The van der Waals surface area contributed by atoms with Crippen LogP contribution in [0.25, 0.3) is 0 Å². The first kappa shape index (κ1) is 26.1. The number of amides is 1. The number of rotatable bonds is 7. The van der Waals surface area contributed by atoms with Crippen LogP contribution in [0.4, 0.5) is 5.69 Å². The number of nitro groups is 1. The molecule has 3 heterocycles. The molecule has 0 aromatic heterocycles. The fraction of sp³-hybridized carbons (Fsp3) is 0.345. The molecule has 3 aromatic carbocycles. The van der Waals surface area contributed by atoms with Gasteiger partial charge >= 0.3 is 0 Å². The van der Waals surface area contributed by atoms with Gasteiger partial charge in [0.25, 0.3) is 11.9 Å². The van der Waals surface area contributed by atoms with Crippen LogP contribution < -0.4 is 14.8 Å². The number of benzene rings is 3. The second kappa shape index (κ2) is 10.1. The highest BCUT2D eigenvalue weighted by atomic mass is 79.9. The summed E-state index contributed by atoms with van der Waals surface area (Å²) in [6.45, 7) is 3.19. The first-order valence-electron chi connectivity index (χ1n) is 13.0. The minimum atomic E-state index is -1.37. The van der Waals surface area contributed by atoms with Gasteiger partial charge < -0.3 is 14.8 Å². The van der Waals surface area contributed by atoms with Crippen molar-refractivity contribution >= 4 is 39.1 Å². The lowest BCUT2D eigenvalue weighted by molar-refractivity contribution is -0.534. The monoisotopic (exact) mass is 611 g/mol. The van der Waals surface area contributed by atoms with Crippen LogP contribution in [0.3, 0.4) is 0 Å². The van der Waals surface area contributed by atoms with Crippen LogP contribution >= 0.6 is 27.5 Å². The Morgan fingerprint density at radius 3 is 2.69 bits per heavy atom. The quantitative estimate of drug-likeness (QED) is 0.255. The van der Waals surface area contributed by atoms with Crippen LogP contribution in [-0.4, -0.2) is 41.0 Å². The Morgan fingerprint density at radius 1 is 1.18 bits per heavy atom. The van der Waals surface area contributed by atoms with Crippen molar-refractivity contribution in [3.63, 3.8) is 0 Å². The second-order valence-electron chi connectivity index (χ2n) is 10.1. The van der Waals surface area contributed by atoms with E-state index in [1.54, 1.807) is 12.1 Å². The van der Waals surface area contributed by atoms with Gasteiger partial charge in [-0.05, 0) is 77.2 Å². The van der Waals surface area contributed by atoms with Crippen LogP contribution in [0.15, 0.2) is 65.1 Å². The third-order valence-electron chi connectivity index (χ3n) is 8.11. The highest BCUT2D eigenvalue weighted by Gasteiger charge is 2.73. The number of nitrogens with one attached hydrogen (secondary N) is 1. The van der Waals surface area contributed by atoms with E-state index in [0.717, 1.165) is 24.0 Å². The van der Waals surface area contributed by atoms with Crippen LogP contribution in [0, 0.1) is 10.1 Å². The average molecular weight is 613 g/mol. The number of carbonyl (C=O) groups is 1. The molecule has 6 rings (SSSR count). The van der Waals surface area contributed by atoms with E-state index in [1.165, 1.54) is 0 Å². The third-order valence-corrected chi connectivity index (χ3v) is 8.95. The maximum Gasteiger partial charge on any atom is 0.256 e. The highest BCUT2D eigenvalue weighted by molar-refractivity contribution is 9.10. The van der Waals surface area contributed by atoms with Crippen molar-refractivity contribution in [2.24, 2.45) is 0 Å². The number of hydrogen-bond acceptors (Lipinski definition) is 6. The van der Waals surface area contributed by atoms with E-state index >= 15 is 0 Å². The summed E-state index contributed by atoms with van der Waals surface area (Å²) < 4.78 is 12.8. The Bertz CT molecular complexity index is 1450. The Labute approximate surface area is 239 Å². The second-order valence-corrected chi connectivity index (χ2v) is 11.4. The summed E-state index contributed by atoms with van der Waals surface area (Å²) in [4.78, 5) is 28.4. The summed E-state index contributed by atoms with van der Waals surface area (Å²) >= 11 is 9.66. The lowest BCUT2D eigenvalue weighted by atomic mass is 9.77. The molecule has 0 aliphatic carbocycles. The standard InChI is InChI=1S/C29H27BrClN3O5/c1-2-38-24-15-18(14-21(30)26(24)39-16-17-9-11-19(31)12-10-17)25-23-8-5-13-33(23)29(27(25)34(36)37)20-6-3-4-7-22(20)32-28(29)35/h3-4,6-7,9-12,14-15,23,25,27H,2,5,8,13,16H2,1H3,(H,32,35)/t23-,25+,27-,29-/m0/s1. The van der Waals surface area contributed by atoms with Crippen molar-refractivity contribution < 1.29 is 19.2 Å². The van der Waals surface area contributed by atoms with Gasteiger partial charge in [0, 0.05) is 33.8 Å².